The van der Waals surface area contributed by atoms with Crippen LogP contribution in [0.3, 0.4) is 0 Å². The summed E-state index contributed by atoms with van der Waals surface area (Å²) in [6.07, 6.45) is 1.85. The van der Waals surface area contributed by atoms with Crippen molar-refractivity contribution in [1.29, 1.82) is 0 Å². The Balaban J connectivity index is 2.55. The number of aliphatic hydroxyl groups is 1. The number of hydrogen-bond acceptors (Lipinski definition) is 4. The van der Waals surface area contributed by atoms with Crippen molar-refractivity contribution in [1.82, 2.24) is 4.90 Å². The molecule has 124 valence electrons. The summed E-state index contributed by atoms with van der Waals surface area (Å²) in [5.41, 5.74) is 0.624. The van der Waals surface area contributed by atoms with Crippen molar-refractivity contribution in [2.75, 3.05) is 40.0 Å². The zero-order valence-electron chi connectivity index (χ0n) is 13.2. The molecule has 4 nitrogen and oxygen atoms in total. The number of methoxy groups -OCH3 is 1. The first-order chi connectivity index (χ1) is 10.7. The van der Waals surface area contributed by atoms with Gasteiger partial charge in [-0.3, -0.25) is 4.90 Å². The van der Waals surface area contributed by atoms with Gasteiger partial charge in [0.25, 0.3) is 0 Å². The van der Waals surface area contributed by atoms with Crippen LogP contribution in [0.15, 0.2) is 36.9 Å². The van der Waals surface area contributed by atoms with E-state index in [1.54, 1.807) is 25.3 Å². The first kappa shape index (κ1) is 18.8. The van der Waals surface area contributed by atoms with Gasteiger partial charge in [0.15, 0.2) is 0 Å². The molecule has 0 radical (unpaired) electrons. The lowest BCUT2D eigenvalue weighted by atomic mass is 10.2. The molecule has 0 saturated carbocycles. The molecule has 5 heteroatoms. The van der Waals surface area contributed by atoms with Crippen LogP contribution in [0.2, 0.25) is 0 Å². The molecule has 0 aliphatic carbocycles. The third-order valence-electron chi connectivity index (χ3n) is 3.19. The average Bonchev–Trinajstić information content (AvgIpc) is 2.50. The normalized spacial score (nSPS) is 12.5. The van der Waals surface area contributed by atoms with Crippen molar-refractivity contribution in [3.05, 3.63) is 48.3 Å². The molecular weight excluding hydrogens is 285 g/mol. The highest BCUT2D eigenvalue weighted by molar-refractivity contribution is 5.17. The predicted octanol–water partition coefficient (Wildman–Crippen LogP) is 2.23. The molecule has 0 spiro atoms. The maximum atomic E-state index is 13.8. The van der Waals surface area contributed by atoms with Crippen molar-refractivity contribution >= 4 is 0 Å². The van der Waals surface area contributed by atoms with Gasteiger partial charge >= 0.3 is 0 Å². The quantitative estimate of drug-likeness (QED) is 0.475. The van der Waals surface area contributed by atoms with E-state index in [1.165, 1.54) is 6.07 Å². The molecule has 0 aliphatic heterocycles. The van der Waals surface area contributed by atoms with Gasteiger partial charge < -0.3 is 14.6 Å². The first-order valence-corrected chi connectivity index (χ1v) is 7.48. The van der Waals surface area contributed by atoms with E-state index in [4.69, 9.17) is 9.47 Å². The van der Waals surface area contributed by atoms with E-state index in [0.29, 0.717) is 31.9 Å². The zero-order chi connectivity index (χ0) is 16.2. The van der Waals surface area contributed by atoms with E-state index in [0.717, 1.165) is 13.0 Å². The standard InChI is InChI=1S/C17H26FNO3/c1-3-10-22-14-16(20)13-19(9-6-11-21-2)12-15-7-4-5-8-17(15)18/h3-5,7-8,16,20H,1,6,9-14H2,2H3/t16-/m0/s1. The summed E-state index contributed by atoms with van der Waals surface area (Å²) in [7, 11) is 1.65. The third-order valence-corrected chi connectivity index (χ3v) is 3.19. The van der Waals surface area contributed by atoms with Gasteiger partial charge in [-0.15, -0.1) is 6.58 Å². The van der Waals surface area contributed by atoms with E-state index < -0.39 is 6.10 Å². The van der Waals surface area contributed by atoms with Crippen LogP contribution in [0.4, 0.5) is 4.39 Å². The largest absolute Gasteiger partial charge is 0.389 e. The number of ether oxygens (including phenoxy) is 2. The Hall–Kier alpha value is -1.27. The lowest BCUT2D eigenvalue weighted by Gasteiger charge is -2.25. The van der Waals surface area contributed by atoms with Gasteiger partial charge in [-0.1, -0.05) is 24.3 Å². The fraction of sp³-hybridized carbons (Fsp3) is 0.529. The number of nitrogens with zero attached hydrogens (tertiary/aromatic N) is 1. The molecular formula is C17H26FNO3. The van der Waals surface area contributed by atoms with Crippen LogP contribution >= 0.6 is 0 Å². The van der Waals surface area contributed by atoms with Crippen molar-refractivity contribution < 1.29 is 19.0 Å². The van der Waals surface area contributed by atoms with Gasteiger partial charge in [-0.05, 0) is 12.5 Å². The van der Waals surface area contributed by atoms with Crippen molar-refractivity contribution in [3.8, 4) is 0 Å². The molecule has 0 fully saturated rings. The van der Waals surface area contributed by atoms with Crippen molar-refractivity contribution in [2.24, 2.45) is 0 Å². The minimum Gasteiger partial charge on any atom is -0.389 e. The van der Waals surface area contributed by atoms with Gasteiger partial charge in [-0.25, -0.2) is 4.39 Å². The molecule has 1 N–H and O–H groups in total. The second-order valence-electron chi connectivity index (χ2n) is 5.15. The van der Waals surface area contributed by atoms with Crippen LogP contribution in [0.25, 0.3) is 0 Å². The van der Waals surface area contributed by atoms with E-state index >= 15 is 0 Å². The van der Waals surface area contributed by atoms with Crippen LogP contribution < -0.4 is 0 Å². The average molecular weight is 311 g/mol. The molecule has 0 amide bonds. The lowest BCUT2D eigenvalue weighted by Crippen LogP contribution is -2.35. The summed E-state index contributed by atoms with van der Waals surface area (Å²) in [4.78, 5) is 2.01. The van der Waals surface area contributed by atoms with Gasteiger partial charge in [0.2, 0.25) is 0 Å². The van der Waals surface area contributed by atoms with Crippen LogP contribution in [-0.2, 0) is 16.0 Å². The van der Waals surface area contributed by atoms with Gasteiger partial charge in [0.05, 0.1) is 19.3 Å². The summed E-state index contributed by atoms with van der Waals surface area (Å²) >= 11 is 0. The number of halogens is 1. The van der Waals surface area contributed by atoms with Crippen LogP contribution in [0.1, 0.15) is 12.0 Å². The zero-order valence-corrected chi connectivity index (χ0v) is 13.2. The summed E-state index contributed by atoms with van der Waals surface area (Å²) in [5.74, 6) is -0.225. The Morgan fingerprint density at radius 1 is 1.41 bits per heavy atom. The highest BCUT2D eigenvalue weighted by Crippen LogP contribution is 2.11. The Kier molecular flexibility index (Phi) is 9.66. The molecule has 1 rings (SSSR count). The molecule has 22 heavy (non-hydrogen) atoms. The second-order valence-corrected chi connectivity index (χ2v) is 5.15. The lowest BCUT2D eigenvalue weighted by molar-refractivity contribution is 0.0227. The Labute approximate surface area is 132 Å². The van der Waals surface area contributed by atoms with Crippen LogP contribution in [-0.4, -0.2) is 56.1 Å². The molecule has 1 aromatic carbocycles. The van der Waals surface area contributed by atoms with Gasteiger partial charge in [-0.2, -0.15) is 0 Å². The van der Waals surface area contributed by atoms with E-state index in [2.05, 4.69) is 6.58 Å². The van der Waals surface area contributed by atoms with Gasteiger partial charge in [0, 0.05) is 38.9 Å². The molecule has 0 aromatic heterocycles. The van der Waals surface area contributed by atoms with E-state index in [-0.39, 0.29) is 12.4 Å². The molecule has 0 bridgehead atoms. The van der Waals surface area contributed by atoms with Crippen LogP contribution in [0, 0.1) is 5.82 Å². The second kappa shape index (κ2) is 11.3. The molecule has 1 aromatic rings. The minimum atomic E-state index is -0.616. The Morgan fingerprint density at radius 3 is 2.86 bits per heavy atom. The Bertz CT molecular complexity index is 428. The van der Waals surface area contributed by atoms with Crippen molar-refractivity contribution in [2.45, 2.75) is 19.1 Å². The Morgan fingerprint density at radius 2 is 2.18 bits per heavy atom. The molecule has 0 unspecified atom stereocenters. The third kappa shape index (κ3) is 7.66. The highest BCUT2D eigenvalue weighted by atomic mass is 19.1. The van der Waals surface area contributed by atoms with E-state index in [1.807, 2.05) is 11.0 Å². The molecule has 0 aliphatic rings. The number of aliphatic hydroxyl groups excluding tert-OH is 1. The number of benzene rings is 1. The fourth-order valence-electron chi connectivity index (χ4n) is 2.17. The number of hydrogen-bond donors (Lipinski definition) is 1. The predicted molar refractivity (Wildman–Crippen MR) is 85.2 cm³/mol. The molecule has 0 saturated heterocycles. The van der Waals surface area contributed by atoms with Gasteiger partial charge in [0.1, 0.15) is 5.82 Å². The molecule has 0 heterocycles. The smallest absolute Gasteiger partial charge is 0.127 e. The highest BCUT2D eigenvalue weighted by Gasteiger charge is 2.14. The van der Waals surface area contributed by atoms with Crippen molar-refractivity contribution in [3.63, 3.8) is 0 Å². The van der Waals surface area contributed by atoms with E-state index in [9.17, 15) is 9.50 Å². The minimum absolute atomic E-state index is 0.225. The summed E-state index contributed by atoms with van der Waals surface area (Å²) < 4.78 is 24.1. The SMILES string of the molecule is C=CCOC[C@@H](O)CN(CCCOC)Cc1ccccc1F. The first-order valence-electron chi connectivity index (χ1n) is 7.48. The summed E-state index contributed by atoms with van der Waals surface area (Å²) in [5, 5.41) is 10.0. The monoisotopic (exact) mass is 311 g/mol. The maximum absolute atomic E-state index is 13.8. The molecule has 1 atom stereocenters. The summed E-state index contributed by atoms with van der Waals surface area (Å²) in [6, 6.07) is 6.70. The number of rotatable bonds is 12. The van der Waals surface area contributed by atoms with Crippen LogP contribution in [0.5, 0.6) is 0 Å². The maximum Gasteiger partial charge on any atom is 0.127 e. The topological polar surface area (TPSA) is 41.9 Å². The fourth-order valence-corrected chi connectivity index (χ4v) is 2.17. The summed E-state index contributed by atoms with van der Waals surface area (Å²) in [6.45, 7) is 6.45.